The Morgan fingerprint density at radius 3 is 2.70 bits per heavy atom. The number of hydrogen-bond acceptors (Lipinski definition) is 8. The van der Waals surface area contributed by atoms with Crippen molar-refractivity contribution in [1.82, 2.24) is 14.0 Å². The van der Waals surface area contributed by atoms with Gasteiger partial charge in [0, 0.05) is 44.0 Å². The van der Waals surface area contributed by atoms with Crippen molar-refractivity contribution in [2.45, 2.75) is 40.2 Å². The van der Waals surface area contributed by atoms with Gasteiger partial charge in [-0.15, -0.1) is 0 Å². The zero-order chi connectivity index (χ0) is 29.2. The zero-order valence-corrected chi connectivity index (χ0v) is 22.7. The van der Waals surface area contributed by atoms with Gasteiger partial charge in [-0.3, -0.25) is 24.1 Å². The summed E-state index contributed by atoms with van der Waals surface area (Å²) in [5.41, 5.74) is 0.312. The van der Waals surface area contributed by atoms with Gasteiger partial charge in [-0.25, -0.2) is 9.78 Å². The van der Waals surface area contributed by atoms with E-state index in [2.05, 4.69) is 16.6 Å². The minimum Gasteiger partial charge on any atom is -0.462 e. The third-order valence-corrected chi connectivity index (χ3v) is 5.84. The van der Waals surface area contributed by atoms with E-state index in [1.54, 1.807) is 35.9 Å². The van der Waals surface area contributed by atoms with Gasteiger partial charge in [0.2, 0.25) is 0 Å². The molecule has 0 spiro atoms. The molecule has 0 aliphatic rings. The maximum Gasteiger partial charge on any atom is 0.341 e. The second-order valence-electron chi connectivity index (χ2n) is 8.53. The molecule has 0 saturated carbocycles. The van der Waals surface area contributed by atoms with Gasteiger partial charge in [-0.2, -0.15) is 4.99 Å². The minimum absolute atomic E-state index is 0.00244. The SMILES string of the molecule is C=C/C(=C(C)\C=C/CC(=O)N=c1c(C(=O)OCC)cc2c(=O)n3ccccc3nc2n1CCCOCC)[N+](=O)[O-]. The number of nitro groups is 1. The van der Waals surface area contributed by atoms with E-state index in [0.29, 0.717) is 30.9 Å². The van der Waals surface area contributed by atoms with Crippen molar-refractivity contribution < 1.29 is 24.0 Å². The average Bonchev–Trinajstić information content (AvgIpc) is 2.92. The number of hydrogen-bond donors (Lipinski definition) is 0. The second kappa shape index (κ2) is 13.9. The first-order valence-corrected chi connectivity index (χ1v) is 12.7. The van der Waals surface area contributed by atoms with Crippen LogP contribution in [-0.2, 0) is 20.8 Å². The molecular weight excluding hydrogens is 518 g/mol. The Morgan fingerprint density at radius 2 is 2.02 bits per heavy atom. The monoisotopic (exact) mass is 549 g/mol. The predicted molar refractivity (Wildman–Crippen MR) is 148 cm³/mol. The van der Waals surface area contributed by atoms with Crippen LogP contribution in [0.5, 0.6) is 0 Å². The zero-order valence-electron chi connectivity index (χ0n) is 22.7. The molecule has 3 aromatic heterocycles. The van der Waals surface area contributed by atoms with Crippen molar-refractivity contribution in [3.63, 3.8) is 0 Å². The second-order valence-corrected chi connectivity index (χ2v) is 8.53. The molecule has 0 bridgehead atoms. The van der Waals surface area contributed by atoms with Crippen LogP contribution >= 0.6 is 0 Å². The third kappa shape index (κ3) is 6.83. The summed E-state index contributed by atoms with van der Waals surface area (Å²) in [6.45, 7) is 9.69. The highest BCUT2D eigenvalue weighted by molar-refractivity contribution is 5.93. The maximum atomic E-state index is 13.4. The molecule has 0 atom stereocenters. The van der Waals surface area contributed by atoms with Crippen molar-refractivity contribution in [3.05, 3.63) is 98.1 Å². The standard InChI is InChI=1S/C28H31N5O7/c1-5-22(33(37)38)19(4)12-10-14-24(34)30-26-21(28(36)40-7-3)18-20-25(32(26)16-11-17-39-6-2)29-23-13-8-9-15-31(23)27(20)35/h5,8-10,12-13,15,18H,1,6-7,11,14,16-17H2,2-4H3/b12-10-,22-19+,30-26?. The fraction of sp³-hybridized carbons (Fsp3) is 0.321. The van der Waals surface area contributed by atoms with E-state index in [9.17, 15) is 24.5 Å². The lowest BCUT2D eigenvalue weighted by molar-refractivity contribution is -0.419. The number of rotatable bonds is 12. The van der Waals surface area contributed by atoms with Gasteiger partial charge in [0.05, 0.1) is 16.9 Å². The molecule has 3 rings (SSSR count). The molecule has 0 radical (unpaired) electrons. The summed E-state index contributed by atoms with van der Waals surface area (Å²) >= 11 is 0. The molecule has 3 heterocycles. The Bertz CT molecular complexity index is 1650. The van der Waals surface area contributed by atoms with E-state index in [-0.39, 0.29) is 47.4 Å². The average molecular weight is 550 g/mol. The first-order chi connectivity index (χ1) is 19.2. The van der Waals surface area contributed by atoms with Gasteiger partial charge in [0.25, 0.3) is 17.2 Å². The molecule has 0 aliphatic heterocycles. The Hall–Kier alpha value is -4.71. The number of esters is 1. The molecule has 0 aromatic carbocycles. The van der Waals surface area contributed by atoms with E-state index < -0.39 is 22.4 Å². The molecule has 0 N–H and O–H groups in total. The summed E-state index contributed by atoms with van der Waals surface area (Å²) in [6.07, 6.45) is 5.86. The summed E-state index contributed by atoms with van der Waals surface area (Å²) in [5, 5.41) is 11.3. The number of aryl methyl sites for hydroxylation is 1. The van der Waals surface area contributed by atoms with Crippen LogP contribution < -0.4 is 11.0 Å². The van der Waals surface area contributed by atoms with Gasteiger partial charge in [0.1, 0.15) is 16.9 Å². The highest BCUT2D eigenvalue weighted by Crippen LogP contribution is 2.13. The van der Waals surface area contributed by atoms with Crippen molar-refractivity contribution >= 4 is 28.6 Å². The lowest BCUT2D eigenvalue weighted by Gasteiger charge is -2.15. The van der Waals surface area contributed by atoms with Crippen LogP contribution in [0.4, 0.5) is 0 Å². The number of allylic oxidation sites excluding steroid dienone is 3. The lowest BCUT2D eigenvalue weighted by Crippen LogP contribution is -2.33. The highest BCUT2D eigenvalue weighted by Gasteiger charge is 2.20. The Kier molecular flexibility index (Phi) is 10.4. The van der Waals surface area contributed by atoms with Crippen LogP contribution in [0.15, 0.2) is 76.3 Å². The molecule has 40 heavy (non-hydrogen) atoms. The minimum atomic E-state index is -0.747. The molecule has 0 aliphatic carbocycles. The van der Waals surface area contributed by atoms with Gasteiger partial charge >= 0.3 is 5.97 Å². The quantitative estimate of drug-likeness (QED) is 0.0834. The van der Waals surface area contributed by atoms with Gasteiger partial charge in [0.15, 0.2) is 5.49 Å². The lowest BCUT2D eigenvalue weighted by atomic mass is 10.2. The first-order valence-electron chi connectivity index (χ1n) is 12.7. The van der Waals surface area contributed by atoms with E-state index >= 15 is 0 Å². The maximum absolute atomic E-state index is 13.4. The van der Waals surface area contributed by atoms with Crippen LogP contribution in [0, 0.1) is 10.1 Å². The number of aromatic nitrogens is 3. The number of ether oxygens (including phenoxy) is 2. The highest BCUT2D eigenvalue weighted by atomic mass is 16.6. The van der Waals surface area contributed by atoms with Crippen molar-refractivity contribution in [2.75, 3.05) is 19.8 Å². The topological polar surface area (TPSA) is 147 Å². The van der Waals surface area contributed by atoms with Gasteiger partial charge in [-0.1, -0.05) is 24.8 Å². The Morgan fingerprint density at radius 1 is 1.25 bits per heavy atom. The number of nitrogens with zero attached hydrogens (tertiary/aromatic N) is 5. The molecule has 3 aromatic rings. The Labute approximate surface area is 229 Å². The van der Waals surface area contributed by atoms with Crippen LogP contribution in [-0.4, -0.2) is 50.6 Å². The number of amides is 1. The molecule has 12 nitrogen and oxygen atoms in total. The van der Waals surface area contributed by atoms with E-state index in [1.807, 2.05) is 6.92 Å². The van der Waals surface area contributed by atoms with Crippen LogP contribution in [0.3, 0.4) is 0 Å². The smallest absolute Gasteiger partial charge is 0.341 e. The number of carbonyl (C=O) groups is 2. The molecule has 12 heteroatoms. The molecule has 1 amide bonds. The fourth-order valence-corrected chi connectivity index (χ4v) is 4.00. The predicted octanol–water partition coefficient (Wildman–Crippen LogP) is 3.36. The largest absolute Gasteiger partial charge is 0.462 e. The molecule has 0 saturated heterocycles. The first kappa shape index (κ1) is 29.8. The number of carbonyl (C=O) groups excluding carboxylic acids is 2. The summed E-state index contributed by atoms with van der Waals surface area (Å²) in [6, 6.07) is 6.47. The van der Waals surface area contributed by atoms with Crippen molar-refractivity contribution in [1.29, 1.82) is 0 Å². The van der Waals surface area contributed by atoms with Gasteiger partial charge < -0.3 is 14.0 Å². The van der Waals surface area contributed by atoms with E-state index in [4.69, 9.17) is 9.47 Å². The molecule has 0 fully saturated rings. The Balaban J connectivity index is 2.24. The third-order valence-electron chi connectivity index (χ3n) is 5.84. The van der Waals surface area contributed by atoms with Crippen molar-refractivity contribution in [2.24, 2.45) is 4.99 Å². The number of pyridine rings is 2. The summed E-state index contributed by atoms with van der Waals surface area (Å²) < 4.78 is 13.6. The van der Waals surface area contributed by atoms with Crippen LogP contribution in [0.1, 0.15) is 44.0 Å². The van der Waals surface area contributed by atoms with Crippen LogP contribution in [0.25, 0.3) is 16.7 Å². The van der Waals surface area contributed by atoms with Gasteiger partial charge in [-0.05, 0) is 45.4 Å². The van der Waals surface area contributed by atoms with Crippen LogP contribution in [0.2, 0.25) is 0 Å². The molecular formula is C28H31N5O7. The number of fused-ring (bicyclic) bond motifs is 2. The molecule has 0 unspecified atom stereocenters. The van der Waals surface area contributed by atoms with Crippen molar-refractivity contribution in [3.8, 4) is 0 Å². The van der Waals surface area contributed by atoms with E-state index in [0.717, 1.165) is 6.08 Å². The van der Waals surface area contributed by atoms with E-state index in [1.165, 1.54) is 29.5 Å². The fourth-order valence-electron chi connectivity index (χ4n) is 4.00. The normalized spacial score (nSPS) is 12.6. The molecule has 210 valence electrons. The summed E-state index contributed by atoms with van der Waals surface area (Å²) in [4.78, 5) is 58.8. The summed E-state index contributed by atoms with van der Waals surface area (Å²) in [7, 11) is 0. The summed E-state index contributed by atoms with van der Waals surface area (Å²) in [5.74, 6) is -1.37.